The molecule has 0 saturated carbocycles. The van der Waals surface area contributed by atoms with Gasteiger partial charge in [-0.25, -0.2) is 0 Å². The maximum atomic E-state index is 12.7. The van der Waals surface area contributed by atoms with Crippen LogP contribution in [0.2, 0.25) is 0 Å². The molecule has 1 heterocycles. The number of rotatable bonds is 4. The van der Waals surface area contributed by atoms with Crippen molar-refractivity contribution in [3.8, 4) is 0 Å². The number of fused-ring (bicyclic) bond motifs is 1. The lowest BCUT2D eigenvalue weighted by atomic mass is 10.1. The van der Waals surface area contributed by atoms with Crippen LogP contribution in [0.5, 0.6) is 0 Å². The highest BCUT2D eigenvalue weighted by molar-refractivity contribution is 6.00. The van der Waals surface area contributed by atoms with Crippen molar-refractivity contribution in [1.29, 1.82) is 0 Å². The number of aromatic nitrogens is 1. The quantitative estimate of drug-likeness (QED) is 0.840. The van der Waals surface area contributed by atoms with Crippen LogP contribution in [0.4, 0.5) is 5.69 Å². The third-order valence-corrected chi connectivity index (χ3v) is 3.36. The maximum Gasteiger partial charge on any atom is 0.270 e. The summed E-state index contributed by atoms with van der Waals surface area (Å²) in [5.74, 6) is 0.472. The van der Waals surface area contributed by atoms with Crippen LogP contribution >= 0.6 is 0 Å². The molecule has 0 spiro atoms. The molecule has 108 valence electrons. The number of nitrogens with zero attached hydrogens (tertiary/aromatic N) is 1. The zero-order valence-corrected chi connectivity index (χ0v) is 12.6. The molecule has 2 aromatic rings. The van der Waals surface area contributed by atoms with Crippen molar-refractivity contribution in [3.63, 3.8) is 0 Å². The number of anilines is 1. The SMILES string of the molecule is CC(C)CN(C(=O)c1cc2cccc(N)c2[nH]1)C(C)C. The fourth-order valence-corrected chi connectivity index (χ4v) is 2.37. The van der Waals surface area contributed by atoms with Gasteiger partial charge in [-0.05, 0) is 31.9 Å². The second kappa shape index (κ2) is 5.57. The highest BCUT2D eigenvalue weighted by Crippen LogP contribution is 2.22. The van der Waals surface area contributed by atoms with Gasteiger partial charge in [-0.3, -0.25) is 4.79 Å². The number of nitrogen functional groups attached to an aromatic ring is 1. The minimum absolute atomic E-state index is 0.0318. The molecule has 1 amide bonds. The molecule has 0 aliphatic rings. The summed E-state index contributed by atoms with van der Waals surface area (Å²) in [7, 11) is 0. The van der Waals surface area contributed by atoms with Crippen LogP contribution in [0, 0.1) is 5.92 Å². The number of aromatic amines is 1. The summed E-state index contributed by atoms with van der Waals surface area (Å²) in [4.78, 5) is 17.7. The molecule has 20 heavy (non-hydrogen) atoms. The highest BCUT2D eigenvalue weighted by Gasteiger charge is 2.21. The first-order valence-electron chi connectivity index (χ1n) is 7.08. The smallest absolute Gasteiger partial charge is 0.270 e. The number of para-hydroxylation sites is 1. The summed E-state index contributed by atoms with van der Waals surface area (Å²) >= 11 is 0. The number of hydrogen-bond acceptors (Lipinski definition) is 2. The van der Waals surface area contributed by atoms with Crippen LogP contribution < -0.4 is 5.73 Å². The second-order valence-electron chi connectivity index (χ2n) is 5.94. The number of amides is 1. The summed E-state index contributed by atoms with van der Waals surface area (Å²) in [5.41, 5.74) is 8.04. The molecule has 0 saturated heterocycles. The first kappa shape index (κ1) is 14.4. The molecule has 0 unspecified atom stereocenters. The Morgan fingerprint density at radius 1 is 1.30 bits per heavy atom. The third-order valence-electron chi connectivity index (χ3n) is 3.36. The Morgan fingerprint density at radius 3 is 2.55 bits per heavy atom. The van der Waals surface area contributed by atoms with Crippen LogP contribution in [-0.2, 0) is 0 Å². The van der Waals surface area contributed by atoms with Gasteiger partial charge in [0.15, 0.2) is 0 Å². The van der Waals surface area contributed by atoms with Crippen LogP contribution in [0.3, 0.4) is 0 Å². The van der Waals surface area contributed by atoms with E-state index in [2.05, 4.69) is 18.8 Å². The van der Waals surface area contributed by atoms with Crippen LogP contribution in [-0.4, -0.2) is 28.4 Å². The summed E-state index contributed by atoms with van der Waals surface area (Å²) in [6.45, 7) is 9.06. The Labute approximate surface area is 120 Å². The van der Waals surface area contributed by atoms with Crippen molar-refractivity contribution >= 4 is 22.5 Å². The number of carbonyl (C=O) groups is 1. The summed E-state index contributed by atoms with van der Waals surface area (Å²) in [5, 5.41) is 0.974. The predicted octanol–water partition coefficient (Wildman–Crippen LogP) is 3.26. The lowest BCUT2D eigenvalue weighted by Crippen LogP contribution is -2.39. The van der Waals surface area contributed by atoms with Gasteiger partial charge in [0.2, 0.25) is 0 Å². The number of nitrogens with one attached hydrogen (secondary N) is 1. The summed E-state index contributed by atoms with van der Waals surface area (Å²) in [6.07, 6.45) is 0. The zero-order valence-electron chi connectivity index (χ0n) is 12.6. The molecular formula is C16H23N3O. The predicted molar refractivity (Wildman–Crippen MR) is 83.7 cm³/mol. The number of hydrogen-bond donors (Lipinski definition) is 2. The van der Waals surface area contributed by atoms with Crippen LogP contribution in [0.25, 0.3) is 10.9 Å². The van der Waals surface area contributed by atoms with Crippen molar-refractivity contribution in [1.82, 2.24) is 9.88 Å². The Kier molecular flexibility index (Phi) is 4.02. The molecule has 1 aromatic heterocycles. The van der Waals surface area contributed by atoms with Gasteiger partial charge in [0.05, 0.1) is 11.2 Å². The first-order valence-corrected chi connectivity index (χ1v) is 7.08. The molecule has 4 heteroatoms. The molecular weight excluding hydrogens is 250 g/mol. The maximum absolute atomic E-state index is 12.7. The minimum Gasteiger partial charge on any atom is -0.397 e. The van der Waals surface area contributed by atoms with E-state index < -0.39 is 0 Å². The van der Waals surface area contributed by atoms with E-state index in [0.717, 1.165) is 17.4 Å². The highest BCUT2D eigenvalue weighted by atomic mass is 16.2. The Hall–Kier alpha value is -1.97. The van der Waals surface area contributed by atoms with E-state index in [1.54, 1.807) is 0 Å². The lowest BCUT2D eigenvalue weighted by molar-refractivity contribution is 0.0677. The molecule has 0 aliphatic heterocycles. The normalized spacial score (nSPS) is 11.5. The van der Waals surface area contributed by atoms with Crippen molar-refractivity contribution < 1.29 is 4.79 Å². The summed E-state index contributed by atoms with van der Waals surface area (Å²) in [6, 6.07) is 7.74. The van der Waals surface area contributed by atoms with Gasteiger partial charge in [0.25, 0.3) is 5.91 Å². The lowest BCUT2D eigenvalue weighted by Gasteiger charge is -2.28. The Balaban J connectivity index is 2.36. The van der Waals surface area contributed by atoms with Crippen molar-refractivity contribution in [2.24, 2.45) is 5.92 Å². The number of H-pyrrole nitrogens is 1. The van der Waals surface area contributed by atoms with Crippen molar-refractivity contribution in [3.05, 3.63) is 30.0 Å². The van der Waals surface area contributed by atoms with E-state index in [1.165, 1.54) is 0 Å². The van der Waals surface area contributed by atoms with Crippen molar-refractivity contribution in [2.75, 3.05) is 12.3 Å². The number of benzene rings is 1. The molecule has 0 atom stereocenters. The topological polar surface area (TPSA) is 62.1 Å². The standard InChI is InChI=1S/C16H23N3O/c1-10(2)9-19(11(3)4)16(20)14-8-12-6-5-7-13(17)15(12)18-14/h5-8,10-11,18H,9,17H2,1-4H3. The van der Waals surface area contributed by atoms with Crippen LogP contribution in [0.15, 0.2) is 24.3 Å². The van der Waals surface area contributed by atoms with E-state index in [0.29, 0.717) is 17.3 Å². The average Bonchev–Trinajstić information content (AvgIpc) is 2.80. The first-order chi connectivity index (χ1) is 9.40. The zero-order chi connectivity index (χ0) is 14.9. The molecule has 3 N–H and O–H groups in total. The third kappa shape index (κ3) is 2.79. The number of nitrogens with two attached hydrogens (primary N) is 1. The van der Waals surface area contributed by atoms with E-state index >= 15 is 0 Å². The molecule has 0 radical (unpaired) electrons. The van der Waals surface area contributed by atoms with Gasteiger partial charge in [0.1, 0.15) is 5.69 Å². The summed E-state index contributed by atoms with van der Waals surface area (Å²) < 4.78 is 0. The van der Waals surface area contributed by atoms with E-state index in [1.807, 2.05) is 43.0 Å². The molecule has 0 bridgehead atoms. The van der Waals surface area contributed by atoms with Gasteiger partial charge < -0.3 is 15.6 Å². The van der Waals surface area contributed by atoms with Gasteiger partial charge in [-0.1, -0.05) is 26.0 Å². The van der Waals surface area contributed by atoms with Gasteiger partial charge >= 0.3 is 0 Å². The van der Waals surface area contributed by atoms with Crippen LogP contribution in [0.1, 0.15) is 38.2 Å². The largest absolute Gasteiger partial charge is 0.397 e. The Morgan fingerprint density at radius 2 is 2.00 bits per heavy atom. The van der Waals surface area contributed by atoms with E-state index in [-0.39, 0.29) is 11.9 Å². The number of carbonyl (C=O) groups excluding carboxylic acids is 1. The molecule has 0 aliphatic carbocycles. The molecule has 2 rings (SSSR count). The van der Waals surface area contributed by atoms with E-state index in [9.17, 15) is 4.79 Å². The second-order valence-corrected chi connectivity index (χ2v) is 5.94. The average molecular weight is 273 g/mol. The monoisotopic (exact) mass is 273 g/mol. The fraction of sp³-hybridized carbons (Fsp3) is 0.438. The fourth-order valence-electron chi connectivity index (χ4n) is 2.37. The Bertz CT molecular complexity index is 613. The minimum atomic E-state index is 0.0318. The van der Waals surface area contributed by atoms with Gasteiger partial charge in [0, 0.05) is 18.0 Å². The molecule has 4 nitrogen and oxygen atoms in total. The molecule has 1 aromatic carbocycles. The van der Waals surface area contributed by atoms with Crippen molar-refractivity contribution in [2.45, 2.75) is 33.7 Å². The van der Waals surface area contributed by atoms with E-state index in [4.69, 9.17) is 5.73 Å². The van der Waals surface area contributed by atoms with Gasteiger partial charge in [-0.15, -0.1) is 0 Å². The molecule has 0 fully saturated rings. The van der Waals surface area contributed by atoms with Gasteiger partial charge in [-0.2, -0.15) is 0 Å².